The smallest absolute Gasteiger partial charge is 0.319 e. The van der Waals surface area contributed by atoms with E-state index in [1.54, 1.807) is 32.8 Å². The summed E-state index contributed by atoms with van der Waals surface area (Å²) in [7, 11) is 0.546. The van der Waals surface area contributed by atoms with E-state index in [1.165, 1.54) is 0 Å². The summed E-state index contributed by atoms with van der Waals surface area (Å²) in [5.74, 6) is 1.22. The Balaban J connectivity index is 0.983. The second-order valence-electron chi connectivity index (χ2n) is 10.2. The molecule has 2 aromatic carbocycles. The van der Waals surface area contributed by atoms with Crippen LogP contribution in [-0.2, 0) is 39.7 Å². The third kappa shape index (κ3) is 7.09. The summed E-state index contributed by atoms with van der Waals surface area (Å²) in [5.41, 5.74) is 8.62. The number of pyridine rings is 4. The molecule has 222 valence electrons. The van der Waals surface area contributed by atoms with Crippen molar-refractivity contribution in [2.45, 2.75) is 26.1 Å². The molecule has 10 heteroatoms. The number of rotatable bonds is 12. The van der Waals surface area contributed by atoms with Crippen LogP contribution in [-0.4, -0.2) is 34.2 Å². The van der Waals surface area contributed by atoms with Crippen molar-refractivity contribution in [3.05, 3.63) is 131 Å². The number of nitrogens with zero attached hydrogens (tertiary/aromatic N) is 4. The van der Waals surface area contributed by atoms with Gasteiger partial charge in [-0.1, -0.05) is 48.5 Å². The fraction of sp³-hybridized carbons (Fsp3) is 0.176. The molecule has 0 radical (unpaired) electrons. The van der Waals surface area contributed by atoms with Gasteiger partial charge in [0.1, 0.15) is 5.75 Å². The quantitative estimate of drug-likeness (QED) is 0.138. The minimum absolute atomic E-state index is 0.206. The SMILES string of the molecule is COc1cnc2c(Cc3ccc(CO[PH](=O)OCc4ccc(Cc5ccnc6nc(OC)ccc56)cc4)cc3)ccnc2c1. The molecule has 0 saturated carbocycles. The van der Waals surface area contributed by atoms with Gasteiger partial charge in [-0.05, 0) is 64.4 Å². The lowest BCUT2D eigenvalue weighted by Gasteiger charge is -2.09. The van der Waals surface area contributed by atoms with Crippen molar-refractivity contribution in [2.75, 3.05) is 14.2 Å². The van der Waals surface area contributed by atoms with Gasteiger partial charge in [0.05, 0.1) is 44.7 Å². The van der Waals surface area contributed by atoms with Crippen LogP contribution in [0.4, 0.5) is 0 Å². The van der Waals surface area contributed by atoms with Gasteiger partial charge < -0.3 is 18.5 Å². The lowest BCUT2D eigenvalue weighted by atomic mass is 10.0. The van der Waals surface area contributed by atoms with Crippen molar-refractivity contribution in [3.63, 3.8) is 0 Å². The van der Waals surface area contributed by atoms with Gasteiger partial charge in [0, 0.05) is 29.9 Å². The van der Waals surface area contributed by atoms with Crippen LogP contribution in [0.5, 0.6) is 11.6 Å². The monoisotopic (exact) mass is 606 g/mol. The third-order valence-corrected chi connectivity index (χ3v) is 8.06. The first-order chi connectivity index (χ1) is 21.6. The largest absolute Gasteiger partial charge is 0.495 e. The van der Waals surface area contributed by atoms with Crippen LogP contribution in [0.25, 0.3) is 22.1 Å². The molecular weight excluding hydrogens is 575 g/mol. The highest BCUT2D eigenvalue weighted by molar-refractivity contribution is 7.33. The Hall–Kier alpha value is -4.69. The summed E-state index contributed by atoms with van der Waals surface area (Å²) in [6, 6.07) is 25.8. The van der Waals surface area contributed by atoms with Gasteiger partial charge in [-0.2, -0.15) is 4.98 Å². The number of ether oxygens (including phenoxy) is 2. The lowest BCUT2D eigenvalue weighted by molar-refractivity contribution is 0.213. The maximum Gasteiger partial charge on any atom is 0.319 e. The molecule has 4 heterocycles. The van der Waals surface area contributed by atoms with E-state index in [-0.39, 0.29) is 13.2 Å². The Morgan fingerprint density at radius 1 is 0.659 bits per heavy atom. The summed E-state index contributed by atoms with van der Waals surface area (Å²) in [6.07, 6.45) is 6.70. The van der Waals surface area contributed by atoms with Crippen LogP contribution in [0.1, 0.15) is 33.4 Å². The standard InChI is InChI=1S/C34H31N4O5P/c1-40-29-19-31-33(37-20-29)28(14-15-35-31)18-24-5-9-26(10-6-24)22-43-44(39)42-21-25-7-3-23(4-8-25)17-27-13-16-36-34-30(27)11-12-32(38-34)41-2/h3-16,19-20,44H,17-18,21-22H2,1-2H3. The zero-order chi connectivity index (χ0) is 30.3. The van der Waals surface area contributed by atoms with E-state index in [2.05, 4.69) is 19.9 Å². The van der Waals surface area contributed by atoms with Crippen LogP contribution in [0.15, 0.2) is 97.5 Å². The van der Waals surface area contributed by atoms with E-state index < -0.39 is 8.25 Å². The van der Waals surface area contributed by atoms with Gasteiger partial charge in [-0.25, -0.2) is 4.98 Å². The average Bonchev–Trinajstić information content (AvgIpc) is 3.07. The zero-order valence-corrected chi connectivity index (χ0v) is 25.4. The lowest BCUT2D eigenvalue weighted by Crippen LogP contribution is -1.96. The molecule has 4 aromatic heterocycles. The molecule has 0 saturated heterocycles. The fourth-order valence-electron chi connectivity index (χ4n) is 4.93. The van der Waals surface area contributed by atoms with Gasteiger partial charge in [-0.15, -0.1) is 0 Å². The van der Waals surface area contributed by atoms with Crippen molar-refractivity contribution in [1.29, 1.82) is 0 Å². The first kappa shape index (κ1) is 29.4. The molecule has 0 aliphatic rings. The van der Waals surface area contributed by atoms with E-state index >= 15 is 0 Å². The molecule has 1 atom stereocenters. The van der Waals surface area contributed by atoms with E-state index in [9.17, 15) is 4.57 Å². The van der Waals surface area contributed by atoms with E-state index in [4.69, 9.17) is 18.5 Å². The van der Waals surface area contributed by atoms with Gasteiger partial charge in [0.15, 0.2) is 5.65 Å². The number of methoxy groups -OCH3 is 2. The molecule has 0 spiro atoms. The molecule has 0 aliphatic carbocycles. The highest BCUT2D eigenvalue weighted by Crippen LogP contribution is 2.28. The zero-order valence-electron chi connectivity index (χ0n) is 24.4. The normalized spacial score (nSPS) is 12.0. The molecule has 0 fully saturated rings. The van der Waals surface area contributed by atoms with Gasteiger partial charge in [-0.3, -0.25) is 14.5 Å². The van der Waals surface area contributed by atoms with Gasteiger partial charge in [0.25, 0.3) is 0 Å². The Bertz CT molecular complexity index is 1780. The second-order valence-corrected chi connectivity index (χ2v) is 11.3. The molecule has 6 aromatic rings. The molecule has 0 amide bonds. The number of benzene rings is 2. The maximum atomic E-state index is 12.4. The van der Waals surface area contributed by atoms with Crippen molar-refractivity contribution in [1.82, 2.24) is 19.9 Å². The van der Waals surface area contributed by atoms with Gasteiger partial charge in [0.2, 0.25) is 5.88 Å². The summed E-state index contributed by atoms with van der Waals surface area (Å²) in [4.78, 5) is 17.7. The van der Waals surface area contributed by atoms with Crippen molar-refractivity contribution >= 4 is 30.3 Å². The van der Waals surface area contributed by atoms with E-state index in [0.717, 1.165) is 56.2 Å². The Morgan fingerprint density at radius 3 is 1.93 bits per heavy atom. The fourth-order valence-corrected chi connectivity index (χ4v) is 5.58. The molecule has 1 unspecified atom stereocenters. The second kappa shape index (κ2) is 13.7. The highest BCUT2D eigenvalue weighted by atomic mass is 31.1. The van der Waals surface area contributed by atoms with E-state index in [1.807, 2.05) is 78.9 Å². The van der Waals surface area contributed by atoms with Crippen molar-refractivity contribution in [3.8, 4) is 11.6 Å². The van der Waals surface area contributed by atoms with Crippen molar-refractivity contribution in [2.24, 2.45) is 0 Å². The van der Waals surface area contributed by atoms with Crippen LogP contribution < -0.4 is 9.47 Å². The third-order valence-electron chi connectivity index (χ3n) is 7.30. The Morgan fingerprint density at radius 2 is 1.27 bits per heavy atom. The number of fused-ring (bicyclic) bond motifs is 2. The Labute approximate surface area is 255 Å². The minimum atomic E-state index is -2.66. The molecule has 6 rings (SSSR count). The minimum Gasteiger partial charge on any atom is -0.495 e. The maximum absolute atomic E-state index is 12.4. The molecular formula is C34H31N4O5P. The number of hydrogen-bond acceptors (Lipinski definition) is 9. The number of hydrogen-bond donors (Lipinski definition) is 0. The summed E-state index contributed by atoms with van der Waals surface area (Å²) < 4.78 is 34.0. The van der Waals surface area contributed by atoms with Crippen LogP contribution in [0, 0.1) is 0 Å². The van der Waals surface area contributed by atoms with Crippen LogP contribution in [0.2, 0.25) is 0 Å². The summed E-state index contributed by atoms with van der Waals surface area (Å²) >= 11 is 0. The first-order valence-corrected chi connectivity index (χ1v) is 15.3. The Kier molecular flexibility index (Phi) is 9.17. The average molecular weight is 607 g/mol. The molecule has 9 nitrogen and oxygen atoms in total. The predicted molar refractivity (Wildman–Crippen MR) is 169 cm³/mol. The van der Waals surface area contributed by atoms with Crippen molar-refractivity contribution < 1.29 is 23.1 Å². The van der Waals surface area contributed by atoms with E-state index in [0.29, 0.717) is 23.7 Å². The highest BCUT2D eigenvalue weighted by Gasteiger charge is 2.09. The molecule has 0 bridgehead atoms. The number of aromatic nitrogens is 4. The summed E-state index contributed by atoms with van der Waals surface area (Å²) in [5, 5.41) is 0.993. The topological polar surface area (TPSA) is 106 Å². The molecule has 44 heavy (non-hydrogen) atoms. The molecule has 0 N–H and O–H groups in total. The summed E-state index contributed by atoms with van der Waals surface area (Å²) in [6.45, 7) is 0.413. The first-order valence-electron chi connectivity index (χ1n) is 14.1. The van der Waals surface area contributed by atoms with Crippen LogP contribution >= 0.6 is 8.25 Å². The van der Waals surface area contributed by atoms with Crippen LogP contribution in [0.3, 0.4) is 0 Å². The molecule has 0 aliphatic heterocycles. The van der Waals surface area contributed by atoms with Gasteiger partial charge >= 0.3 is 8.25 Å². The predicted octanol–water partition coefficient (Wildman–Crippen LogP) is 6.89.